The maximum absolute atomic E-state index is 13.5. The van der Waals surface area contributed by atoms with E-state index in [9.17, 15) is 4.39 Å². The van der Waals surface area contributed by atoms with Crippen LogP contribution in [0.1, 0.15) is 29.9 Å². The lowest BCUT2D eigenvalue weighted by Crippen LogP contribution is -2.30. The van der Waals surface area contributed by atoms with Crippen LogP contribution in [-0.4, -0.2) is 9.55 Å². The minimum atomic E-state index is -0.242. The largest absolute Gasteiger partial charge is 0.335 e. The normalized spacial score (nSPS) is 12.6. The zero-order valence-corrected chi connectivity index (χ0v) is 11.2. The number of aryl methyl sites for hydroxylation is 2. The summed E-state index contributed by atoms with van der Waals surface area (Å²) >= 11 is 0. The quantitative estimate of drug-likeness (QED) is 0.641. The average molecular weight is 262 g/mol. The van der Waals surface area contributed by atoms with Crippen LogP contribution in [0.3, 0.4) is 0 Å². The Labute approximate surface area is 112 Å². The van der Waals surface area contributed by atoms with Gasteiger partial charge in [0.05, 0.1) is 6.04 Å². The van der Waals surface area contributed by atoms with Crippen molar-refractivity contribution in [3.63, 3.8) is 0 Å². The summed E-state index contributed by atoms with van der Waals surface area (Å²) in [5.41, 5.74) is 4.46. The Morgan fingerprint density at radius 1 is 1.42 bits per heavy atom. The maximum atomic E-state index is 13.5. The number of benzene rings is 1. The van der Waals surface area contributed by atoms with Crippen LogP contribution < -0.4 is 11.3 Å². The van der Waals surface area contributed by atoms with Crippen molar-refractivity contribution in [2.75, 3.05) is 0 Å². The Kier molecular flexibility index (Phi) is 4.29. The van der Waals surface area contributed by atoms with E-state index in [4.69, 9.17) is 5.84 Å². The zero-order valence-electron chi connectivity index (χ0n) is 11.2. The minimum Gasteiger partial charge on any atom is -0.335 e. The summed E-state index contributed by atoms with van der Waals surface area (Å²) in [5.74, 6) is 6.30. The number of halogens is 1. The molecule has 0 aliphatic carbocycles. The second-order valence-corrected chi connectivity index (χ2v) is 4.61. The van der Waals surface area contributed by atoms with Crippen molar-refractivity contribution in [3.05, 3.63) is 53.4 Å². The molecule has 0 saturated heterocycles. The zero-order chi connectivity index (χ0) is 13.8. The molecule has 2 rings (SSSR count). The molecule has 2 aromatic rings. The molecule has 19 heavy (non-hydrogen) atoms. The van der Waals surface area contributed by atoms with E-state index in [-0.39, 0.29) is 11.9 Å². The van der Waals surface area contributed by atoms with Gasteiger partial charge in [-0.05, 0) is 37.1 Å². The number of aromatic nitrogens is 2. The highest BCUT2D eigenvalue weighted by atomic mass is 19.1. The Hall–Kier alpha value is -1.72. The molecule has 1 atom stereocenters. The number of nitrogens with zero attached hydrogens (tertiary/aromatic N) is 2. The maximum Gasteiger partial charge on any atom is 0.123 e. The van der Waals surface area contributed by atoms with Gasteiger partial charge in [-0.15, -0.1) is 0 Å². The van der Waals surface area contributed by atoms with E-state index in [0.29, 0.717) is 6.42 Å². The molecule has 1 unspecified atom stereocenters. The second kappa shape index (κ2) is 5.95. The van der Waals surface area contributed by atoms with Crippen molar-refractivity contribution >= 4 is 0 Å². The Bertz CT molecular complexity index is 530. The number of hydrazine groups is 1. The summed E-state index contributed by atoms with van der Waals surface area (Å²) < 4.78 is 15.5. The van der Waals surface area contributed by atoms with Gasteiger partial charge in [0.2, 0.25) is 0 Å². The molecule has 1 aromatic carbocycles. The Morgan fingerprint density at radius 3 is 2.84 bits per heavy atom. The first-order chi connectivity index (χ1) is 9.13. The van der Waals surface area contributed by atoms with Crippen LogP contribution in [0.4, 0.5) is 4.39 Å². The highest BCUT2D eigenvalue weighted by molar-refractivity contribution is 5.27. The summed E-state index contributed by atoms with van der Waals surface area (Å²) in [6.45, 7) is 4.78. The molecule has 0 aliphatic heterocycles. The number of hydrogen-bond acceptors (Lipinski definition) is 3. The number of hydrogen-bond donors (Lipinski definition) is 2. The van der Waals surface area contributed by atoms with Gasteiger partial charge in [0.25, 0.3) is 0 Å². The molecule has 0 radical (unpaired) electrons. The fourth-order valence-electron chi connectivity index (χ4n) is 2.24. The van der Waals surface area contributed by atoms with Crippen LogP contribution in [-0.2, 0) is 13.0 Å². The van der Waals surface area contributed by atoms with Gasteiger partial charge in [0.1, 0.15) is 11.6 Å². The van der Waals surface area contributed by atoms with Gasteiger partial charge in [-0.3, -0.25) is 11.3 Å². The van der Waals surface area contributed by atoms with Gasteiger partial charge in [0, 0.05) is 25.4 Å². The molecule has 102 valence electrons. The van der Waals surface area contributed by atoms with Crippen molar-refractivity contribution in [3.8, 4) is 0 Å². The number of nitrogens with one attached hydrogen (secondary N) is 1. The van der Waals surface area contributed by atoms with E-state index in [2.05, 4.69) is 21.9 Å². The van der Waals surface area contributed by atoms with Gasteiger partial charge >= 0.3 is 0 Å². The summed E-state index contributed by atoms with van der Waals surface area (Å²) in [6, 6.07) is 4.80. The Balaban J connectivity index is 2.25. The number of imidazole rings is 1. The van der Waals surface area contributed by atoms with E-state index in [1.54, 1.807) is 6.20 Å². The third-order valence-electron chi connectivity index (χ3n) is 3.20. The smallest absolute Gasteiger partial charge is 0.123 e. The molecular weight excluding hydrogens is 243 g/mol. The van der Waals surface area contributed by atoms with E-state index in [0.717, 1.165) is 23.5 Å². The highest BCUT2D eigenvalue weighted by Gasteiger charge is 2.14. The third-order valence-corrected chi connectivity index (χ3v) is 3.20. The summed E-state index contributed by atoms with van der Waals surface area (Å²) in [7, 11) is 0. The molecule has 5 heteroatoms. The second-order valence-electron chi connectivity index (χ2n) is 4.61. The van der Waals surface area contributed by atoms with Gasteiger partial charge in [-0.2, -0.15) is 0 Å². The topological polar surface area (TPSA) is 55.9 Å². The predicted molar refractivity (Wildman–Crippen MR) is 72.8 cm³/mol. The fourth-order valence-corrected chi connectivity index (χ4v) is 2.24. The first kappa shape index (κ1) is 13.7. The van der Waals surface area contributed by atoms with Crippen LogP contribution >= 0.6 is 0 Å². The van der Waals surface area contributed by atoms with Crippen LogP contribution in [0.5, 0.6) is 0 Å². The van der Waals surface area contributed by atoms with Crippen molar-refractivity contribution in [1.29, 1.82) is 0 Å². The predicted octanol–water partition coefficient (Wildman–Crippen LogP) is 2.10. The van der Waals surface area contributed by atoms with Crippen molar-refractivity contribution in [2.45, 2.75) is 32.9 Å². The van der Waals surface area contributed by atoms with Gasteiger partial charge in [0.15, 0.2) is 0 Å². The number of nitrogens with two attached hydrogens (primary N) is 1. The summed E-state index contributed by atoms with van der Waals surface area (Å²) in [4.78, 5) is 4.32. The molecular formula is C14H19FN4. The van der Waals surface area contributed by atoms with Gasteiger partial charge in [-0.25, -0.2) is 9.37 Å². The van der Waals surface area contributed by atoms with Crippen LogP contribution in [0, 0.1) is 12.7 Å². The monoisotopic (exact) mass is 262 g/mol. The average Bonchev–Trinajstić information content (AvgIpc) is 2.81. The van der Waals surface area contributed by atoms with E-state index in [1.807, 2.05) is 19.2 Å². The van der Waals surface area contributed by atoms with Crippen LogP contribution in [0.25, 0.3) is 0 Å². The first-order valence-electron chi connectivity index (χ1n) is 6.37. The van der Waals surface area contributed by atoms with Gasteiger partial charge < -0.3 is 4.57 Å². The van der Waals surface area contributed by atoms with Crippen molar-refractivity contribution in [2.24, 2.45) is 5.84 Å². The molecule has 0 bridgehead atoms. The van der Waals surface area contributed by atoms with E-state index in [1.165, 1.54) is 12.1 Å². The Morgan fingerprint density at radius 2 is 2.21 bits per heavy atom. The lowest BCUT2D eigenvalue weighted by atomic mass is 10.0. The standard InChI is InChI=1S/C14H19FN4/c1-3-19-5-4-17-14(19)9-13(18-16)11-6-10(2)7-12(15)8-11/h4-8,13,18H,3,9,16H2,1-2H3. The molecule has 0 fully saturated rings. The minimum absolute atomic E-state index is 0.151. The molecule has 1 aromatic heterocycles. The lowest BCUT2D eigenvalue weighted by molar-refractivity contribution is 0.518. The van der Waals surface area contributed by atoms with Crippen molar-refractivity contribution < 1.29 is 4.39 Å². The SMILES string of the molecule is CCn1ccnc1CC(NN)c1cc(C)cc(F)c1. The van der Waals surface area contributed by atoms with Gasteiger partial charge in [-0.1, -0.05) is 6.07 Å². The number of rotatable bonds is 5. The van der Waals surface area contributed by atoms with Crippen LogP contribution in [0.15, 0.2) is 30.6 Å². The molecule has 0 aliphatic rings. The first-order valence-corrected chi connectivity index (χ1v) is 6.37. The van der Waals surface area contributed by atoms with Crippen molar-refractivity contribution in [1.82, 2.24) is 15.0 Å². The van der Waals surface area contributed by atoms with E-state index >= 15 is 0 Å². The summed E-state index contributed by atoms with van der Waals surface area (Å²) in [6.07, 6.45) is 4.32. The lowest BCUT2D eigenvalue weighted by Gasteiger charge is -2.17. The molecule has 3 N–H and O–H groups in total. The fraction of sp³-hybridized carbons (Fsp3) is 0.357. The molecule has 4 nitrogen and oxygen atoms in total. The third kappa shape index (κ3) is 3.19. The highest BCUT2D eigenvalue weighted by Crippen LogP contribution is 2.19. The summed E-state index contributed by atoms with van der Waals surface area (Å²) in [5, 5.41) is 0. The molecule has 1 heterocycles. The van der Waals surface area contributed by atoms with E-state index < -0.39 is 0 Å². The molecule has 0 amide bonds. The molecule has 0 saturated carbocycles. The van der Waals surface area contributed by atoms with Crippen LogP contribution in [0.2, 0.25) is 0 Å². The molecule has 0 spiro atoms.